The minimum atomic E-state index is -1.31. The highest BCUT2D eigenvalue weighted by atomic mass is 16.4. The van der Waals surface area contributed by atoms with E-state index in [-0.39, 0.29) is 30.2 Å². The topological polar surface area (TPSA) is 201 Å². The van der Waals surface area contributed by atoms with Crippen molar-refractivity contribution in [2.45, 2.75) is 25.3 Å². The molecule has 0 saturated carbocycles. The van der Waals surface area contributed by atoms with Crippen molar-refractivity contribution in [3.8, 4) is 12.3 Å². The van der Waals surface area contributed by atoms with E-state index in [9.17, 15) is 19.5 Å². The normalized spacial score (nSPS) is 11.5. The fraction of sp³-hybridized carbons (Fsp3) is 0.261. The van der Waals surface area contributed by atoms with E-state index in [1.54, 1.807) is 30.5 Å². The van der Waals surface area contributed by atoms with Crippen LogP contribution in [0.4, 0.5) is 17.5 Å². The SMILES string of the molecule is C#CCN(CCc1c[nH]c2nc(N)nc(N)c12)c1ccc(C(=O)N[C@@H](CCC(=O)O)C(=O)O)cc1. The Labute approximate surface area is 200 Å². The molecule has 1 atom stereocenters. The Morgan fingerprint density at radius 1 is 1.17 bits per heavy atom. The summed E-state index contributed by atoms with van der Waals surface area (Å²) in [7, 11) is 0. The Balaban J connectivity index is 1.70. The van der Waals surface area contributed by atoms with Gasteiger partial charge in [0.2, 0.25) is 5.95 Å². The van der Waals surface area contributed by atoms with Crippen LogP contribution >= 0.6 is 0 Å². The lowest BCUT2D eigenvalue weighted by molar-refractivity contribution is -0.140. The lowest BCUT2D eigenvalue weighted by Crippen LogP contribution is -2.41. The highest BCUT2D eigenvalue weighted by Gasteiger charge is 2.22. The highest BCUT2D eigenvalue weighted by molar-refractivity contribution is 5.97. The first-order valence-electron chi connectivity index (χ1n) is 10.6. The number of nitrogens with one attached hydrogen (secondary N) is 2. The van der Waals surface area contributed by atoms with Crippen LogP contribution in [0.3, 0.4) is 0 Å². The monoisotopic (exact) mass is 479 g/mol. The second-order valence-electron chi connectivity index (χ2n) is 7.72. The van der Waals surface area contributed by atoms with Crippen LogP contribution in [0.5, 0.6) is 0 Å². The van der Waals surface area contributed by atoms with Gasteiger partial charge in [0.15, 0.2) is 0 Å². The quantitative estimate of drug-likeness (QED) is 0.214. The van der Waals surface area contributed by atoms with Gasteiger partial charge in [-0.15, -0.1) is 6.42 Å². The van der Waals surface area contributed by atoms with Crippen molar-refractivity contribution in [2.75, 3.05) is 29.5 Å². The maximum absolute atomic E-state index is 12.5. The van der Waals surface area contributed by atoms with E-state index in [1.807, 2.05) is 4.90 Å². The fourth-order valence-corrected chi connectivity index (χ4v) is 3.60. The van der Waals surface area contributed by atoms with E-state index in [1.165, 1.54) is 0 Å². The van der Waals surface area contributed by atoms with Gasteiger partial charge in [0.05, 0.1) is 11.9 Å². The number of aromatic amines is 1. The summed E-state index contributed by atoms with van der Waals surface area (Å²) < 4.78 is 0. The van der Waals surface area contributed by atoms with E-state index in [2.05, 4.69) is 26.2 Å². The number of anilines is 3. The molecule has 0 unspecified atom stereocenters. The van der Waals surface area contributed by atoms with Crippen molar-refractivity contribution >= 4 is 46.3 Å². The predicted octanol–water partition coefficient (Wildman–Crippen LogP) is 0.852. The molecule has 0 fully saturated rings. The molecule has 0 aliphatic heterocycles. The zero-order valence-corrected chi connectivity index (χ0v) is 18.7. The number of hydrogen-bond donors (Lipinski definition) is 6. The van der Waals surface area contributed by atoms with Crippen molar-refractivity contribution in [3.05, 3.63) is 41.6 Å². The Bertz CT molecular complexity index is 1280. The zero-order chi connectivity index (χ0) is 25.5. The molecule has 182 valence electrons. The number of terminal acetylenes is 1. The van der Waals surface area contributed by atoms with Gasteiger partial charge in [0.25, 0.3) is 5.91 Å². The lowest BCUT2D eigenvalue weighted by Gasteiger charge is -2.23. The largest absolute Gasteiger partial charge is 0.481 e. The molecule has 2 aromatic heterocycles. The molecule has 3 aromatic rings. The molecule has 0 aliphatic carbocycles. The van der Waals surface area contributed by atoms with Gasteiger partial charge in [-0.05, 0) is 42.7 Å². The number of carboxylic acid groups (broad SMARTS) is 2. The Hall–Kier alpha value is -4.79. The summed E-state index contributed by atoms with van der Waals surface area (Å²) in [6.45, 7) is 0.839. The average molecular weight is 479 g/mol. The Morgan fingerprint density at radius 3 is 2.51 bits per heavy atom. The third-order valence-corrected chi connectivity index (χ3v) is 5.34. The molecular formula is C23H25N7O5. The summed E-state index contributed by atoms with van der Waals surface area (Å²) in [5, 5.41) is 21.0. The number of H-pyrrole nitrogens is 1. The van der Waals surface area contributed by atoms with Gasteiger partial charge in [0, 0.05) is 30.4 Å². The summed E-state index contributed by atoms with van der Waals surface area (Å²) in [6.07, 6.45) is 7.31. The summed E-state index contributed by atoms with van der Waals surface area (Å²) in [5.41, 5.74) is 14.1. The molecule has 0 radical (unpaired) electrons. The number of amides is 1. The number of fused-ring (bicyclic) bond motifs is 1. The van der Waals surface area contributed by atoms with Gasteiger partial charge in [-0.2, -0.15) is 9.97 Å². The van der Waals surface area contributed by atoms with Crippen LogP contribution in [0.25, 0.3) is 11.0 Å². The molecule has 12 heteroatoms. The van der Waals surface area contributed by atoms with Crippen molar-refractivity contribution < 1.29 is 24.6 Å². The van der Waals surface area contributed by atoms with Gasteiger partial charge in [0.1, 0.15) is 17.5 Å². The molecule has 12 nitrogen and oxygen atoms in total. The molecule has 0 bridgehead atoms. The predicted molar refractivity (Wildman–Crippen MR) is 130 cm³/mol. The first-order chi connectivity index (χ1) is 16.7. The number of rotatable bonds is 11. The number of carbonyl (C=O) groups is 3. The minimum Gasteiger partial charge on any atom is -0.481 e. The number of aliphatic carboxylic acids is 2. The molecule has 1 aromatic carbocycles. The standard InChI is InChI=1S/C23H25N7O5/c1-2-10-30(11-9-14-12-26-20-18(14)19(24)28-23(25)29-20)15-5-3-13(4-6-15)21(33)27-16(22(34)35)7-8-17(31)32/h1,3-6,12,16H,7-11H2,(H,27,33)(H,31,32)(H,34,35)(H5,24,25,26,28,29)/t16-/m0/s1. The summed E-state index contributed by atoms with van der Waals surface area (Å²) in [4.78, 5) is 47.6. The first-order valence-corrected chi connectivity index (χ1v) is 10.6. The number of nitrogens with zero attached hydrogens (tertiary/aromatic N) is 3. The van der Waals surface area contributed by atoms with Crippen LogP contribution in [0, 0.1) is 12.3 Å². The number of aromatic nitrogens is 3. The van der Waals surface area contributed by atoms with Crippen molar-refractivity contribution in [3.63, 3.8) is 0 Å². The van der Waals surface area contributed by atoms with Gasteiger partial charge < -0.3 is 36.9 Å². The molecule has 0 aliphatic rings. The van der Waals surface area contributed by atoms with Crippen LogP contribution in [0.2, 0.25) is 0 Å². The third-order valence-electron chi connectivity index (χ3n) is 5.34. The molecule has 0 spiro atoms. The van der Waals surface area contributed by atoms with Crippen molar-refractivity contribution in [2.24, 2.45) is 0 Å². The molecule has 1 amide bonds. The van der Waals surface area contributed by atoms with Gasteiger partial charge in [-0.3, -0.25) is 9.59 Å². The number of nitrogens with two attached hydrogens (primary N) is 2. The highest BCUT2D eigenvalue weighted by Crippen LogP contribution is 2.24. The number of hydrogen-bond acceptors (Lipinski definition) is 8. The smallest absolute Gasteiger partial charge is 0.326 e. The first kappa shape index (κ1) is 24.8. The average Bonchev–Trinajstić information content (AvgIpc) is 3.22. The minimum absolute atomic E-state index is 0.0815. The van der Waals surface area contributed by atoms with E-state index in [4.69, 9.17) is 23.0 Å². The summed E-state index contributed by atoms with van der Waals surface area (Å²) >= 11 is 0. The Morgan fingerprint density at radius 2 is 1.89 bits per heavy atom. The molecule has 3 rings (SSSR count). The second kappa shape index (κ2) is 10.9. The summed E-state index contributed by atoms with van der Waals surface area (Å²) in [6, 6.07) is 5.19. The molecule has 8 N–H and O–H groups in total. The maximum atomic E-state index is 12.5. The Kier molecular flexibility index (Phi) is 7.73. The maximum Gasteiger partial charge on any atom is 0.326 e. The van der Waals surface area contributed by atoms with Gasteiger partial charge in [-0.1, -0.05) is 5.92 Å². The van der Waals surface area contributed by atoms with E-state index in [0.29, 0.717) is 30.5 Å². The molecule has 0 saturated heterocycles. The molecule has 2 heterocycles. The second-order valence-corrected chi connectivity index (χ2v) is 7.72. The molecular weight excluding hydrogens is 454 g/mol. The summed E-state index contributed by atoms with van der Waals surface area (Å²) in [5.74, 6) is -0.0898. The van der Waals surface area contributed by atoms with E-state index < -0.39 is 23.9 Å². The van der Waals surface area contributed by atoms with Crippen LogP contribution in [0.1, 0.15) is 28.8 Å². The van der Waals surface area contributed by atoms with Gasteiger partial charge >= 0.3 is 11.9 Å². The third kappa shape index (κ3) is 6.17. The number of carboxylic acids is 2. The van der Waals surface area contributed by atoms with E-state index in [0.717, 1.165) is 11.3 Å². The molecule has 35 heavy (non-hydrogen) atoms. The fourth-order valence-electron chi connectivity index (χ4n) is 3.60. The van der Waals surface area contributed by atoms with Crippen molar-refractivity contribution in [1.29, 1.82) is 0 Å². The van der Waals surface area contributed by atoms with Crippen LogP contribution in [0.15, 0.2) is 30.5 Å². The number of nitrogen functional groups attached to an aromatic ring is 2. The number of benzene rings is 1. The van der Waals surface area contributed by atoms with Crippen LogP contribution in [-0.4, -0.2) is 62.1 Å². The lowest BCUT2D eigenvalue weighted by atomic mass is 10.1. The van der Waals surface area contributed by atoms with Crippen LogP contribution < -0.4 is 21.7 Å². The van der Waals surface area contributed by atoms with Crippen LogP contribution in [-0.2, 0) is 16.0 Å². The van der Waals surface area contributed by atoms with E-state index >= 15 is 0 Å². The zero-order valence-electron chi connectivity index (χ0n) is 18.7. The van der Waals surface area contributed by atoms with Gasteiger partial charge in [-0.25, -0.2) is 4.79 Å². The number of carbonyl (C=O) groups excluding carboxylic acids is 1. The van der Waals surface area contributed by atoms with Crippen molar-refractivity contribution in [1.82, 2.24) is 20.3 Å².